The quantitative estimate of drug-likeness (QED) is 0.600. The molecule has 0 aliphatic heterocycles. The molecule has 0 saturated carbocycles. The smallest absolute Gasteiger partial charge is 0.265 e. The molecule has 0 amide bonds. The van der Waals surface area contributed by atoms with E-state index in [0.29, 0.717) is 0 Å². The second-order valence-electron chi connectivity index (χ2n) is 5.09. The molecule has 0 bridgehead atoms. The van der Waals surface area contributed by atoms with Gasteiger partial charge in [0.25, 0.3) is 6.33 Å². The molecule has 0 atom stereocenters. The lowest BCUT2D eigenvalue weighted by atomic mass is 10.1. The maximum absolute atomic E-state index is 4.41. The van der Waals surface area contributed by atoms with Crippen LogP contribution in [0.2, 0.25) is 0 Å². The van der Waals surface area contributed by atoms with Crippen LogP contribution in [0.3, 0.4) is 0 Å². The number of rotatable bonds is 4. The molecule has 4 heteroatoms. The summed E-state index contributed by atoms with van der Waals surface area (Å²) in [5.74, 6) is 0. The minimum absolute atomic E-state index is 0. The maximum atomic E-state index is 4.41. The molecule has 2 aromatic carbocycles. The first-order valence-electron chi connectivity index (χ1n) is 6.80. The monoisotopic (exact) mass is 299 g/mol. The third kappa shape index (κ3) is 4.17. The van der Waals surface area contributed by atoms with Crippen LogP contribution in [0.5, 0.6) is 0 Å². The minimum atomic E-state index is 0. The minimum Gasteiger partial charge on any atom is -1.00 e. The largest absolute Gasteiger partial charge is 1.00 e. The number of halogens is 1. The zero-order valence-corrected chi connectivity index (χ0v) is 12.7. The molecule has 1 heterocycles. The third-order valence-electron chi connectivity index (χ3n) is 3.26. The Labute approximate surface area is 131 Å². The van der Waals surface area contributed by atoms with Crippen LogP contribution < -0.4 is 17.0 Å². The van der Waals surface area contributed by atoms with Crippen LogP contribution in [0, 0.1) is 6.92 Å². The second kappa shape index (κ2) is 7.04. The number of nitrogens with zero attached hydrogens (tertiary/aromatic N) is 3. The van der Waals surface area contributed by atoms with Crippen molar-refractivity contribution in [3.05, 3.63) is 83.9 Å². The van der Waals surface area contributed by atoms with Crippen molar-refractivity contribution in [1.82, 2.24) is 9.78 Å². The predicted molar refractivity (Wildman–Crippen MR) is 78.2 cm³/mol. The van der Waals surface area contributed by atoms with Crippen molar-refractivity contribution in [1.29, 1.82) is 0 Å². The Kier molecular flexibility index (Phi) is 5.12. The summed E-state index contributed by atoms with van der Waals surface area (Å²) in [5.41, 5.74) is 3.85. The summed E-state index contributed by atoms with van der Waals surface area (Å²) in [6.07, 6.45) is 3.93. The lowest BCUT2D eigenvalue weighted by molar-refractivity contribution is -0.689. The van der Waals surface area contributed by atoms with Crippen molar-refractivity contribution in [2.75, 3.05) is 0 Å². The van der Waals surface area contributed by atoms with Gasteiger partial charge in [-0.1, -0.05) is 60.2 Å². The molecule has 0 spiro atoms. The summed E-state index contributed by atoms with van der Waals surface area (Å²) in [6.45, 7) is 3.78. The summed E-state index contributed by atoms with van der Waals surface area (Å²) >= 11 is 0. The van der Waals surface area contributed by atoms with Gasteiger partial charge in [0.2, 0.25) is 6.33 Å². The summed E-state index contributed by atoms with van der Waals surface area (Å²) < 4.78 is 4.07. The number of benzene rings is 2. The number of aryl methyl sites for hydroxylation is 1. The number of hydrogen-bond acceptors (Lipinski definition) is 1. The molecule has 21 heavy (non-hydrogen) atoms. The highest BCUT2D eigenvalue weighted by Crippen LogP contribution is 2.03. The van der Waals surface area contributed by atoms with Crippen LogP contribution in [0.4, 0.5) is 0 Å². The van der Waals surface area contributed by atoms with E-state index < -0.39 is 0 Å². The standard InChI is InChI=1S/C17H18N3.ClH/c1-15-6-5-9-17(10-15)11-19-13-18-20(14-19)12-16-7-3-2-4-8-16;/h2-10,13-14H,11-12H2,1H3;1H/q+1;/p-1. The lowest BCUT2D eigenvalue weighted by Gasteiger charge is -1.99. The molecule has 3 rings (SSSR count). The van der Waals surface area contributed by atoms with E-state index in [0.717, 1.165) is 13.1 Å². The first kappa shape index (κ1) is 15.3. The van der Waals surface area contributed by atoms with Gasteiger partial charge < -0.3 is 12.4 Å². The fraction of sp³-hybridized carbons (Fsp3) is 0.176. The highest BCUT2D eigenvalue weighted by molar-refractivity contribution is 5.21. The number of hydrogen-bond donors (Lipinski definition) is 0. The molecule has 0 aliphatic carbocycles. The van der Waals surface area contributed by atoms with E-state index in [1.807, 2.05) is 17.1 Å². The molecule has 0 fully saturated rings. The van der Waals surface area contributed by atoms with Crippen molar-refractivity contribution in [2.45, 2.75) is 20.0 Å². The summed E-state index contributed by atoms with van der Waals surface area (Å²) in [6, 6.07) is 19.0. The van der Waals surface area contributed by atoms with Gasteiger partial charge in [-0.05, 0) is 18.1 Å². The molecule has 0 unspecified atom stereocenters. The van der Waals surface area contributed by atoms with Crippen LogP contribution in [0.15, 0.2) is 67.3 Å². The lowest BCUT2D eigenvalue weighted by Crippen LogP contribution is -3.00. The summed E-state index contributed by atoms with van der Waals surface area (Å²) in [4.78, 5) is 0. The van der Waals surface area contributed by atoms with Crippen molar-refractivity contribution >= 4 is 0 Å². The molecule has 1 aromatic heterocycles. The Hall–Kier alpha value is -2.13. The Balaban J connectivity index is 0.00000161. The van der Waals surface area contributed by atoms with E-state index in [1.54, 1.807) is 0 Å². The van der Waals surface area contributed by atoms with Crippen LogP contribution >= 0.6 is 0 Å². The Morgan fingerprint density at radius 1 is 1.00 bits per heavy atom. The second-order valence-corrected chi connectivity index (χ2v) is 5.09. The van der Waals surface area contributed by atoms with Gasteiger partial charge >= 0.3 is 0 Å². The van der Waals surface area contributed by atoms with E-state index in [4.69, 9.17) is 0 Å². The third-order valence-corrected chi connectivity index (χ3v) is 3.26. The highest BCUT2D eigenvalue weighted by atomic mass is 35.5. The fourth-order valence-corrected chi connectivity index (χ4v) is 2.32. The van der Waals surface area contributed by atoms with Gasteiger partial charge in [-0.25, -0.2) is 4.57 Å². The van der Waals surface area contributed by atoms with Crippen LogP contribution in [0.1, 0.15) is 16.7 Å². The number of aromatic nitrogens is 3. The maximum Gasteiger partial charge on any atom is 0.265 e. The molecule has 108 valence electrons. The normalized spacial score (nSPS) is 10.1. The molecular formula is C17H18ClN3. The van der Waals surface area contributed by atoms with E-state index in [2.05, 4.69) is 71.4 Å². The van der Waals surface area contributed by atoms with Gasteiger partial charge in [-0.2, -0.15) is 0 Å². The topological polar surface area (TPSA) is 21.7 Å². The van der Waals surface area contributed by atoms with Crippen molar-refractivity contribution in [3.63, 3.8) is 0 Å². The molecule has 0 saturated heterocycles. The van der Waals surface area contributed by atoms with Crippen LogP contribution in [-0.4, -0.2) is 9.78 Å². The predicted octanol–water partition coefficient (Wildman–Crippen LogP) is -0.420. The first-order valence-corrected chi connectivity index (χ1v) is 6.80. The molecule has 3 aromatic rings. The SMILES string of the molecule is Cc1cccc(C[n+]2cnn(Cc3ccccc3)c2)c1.[Cl-]. The molecule has 0 aliphatic rings. The highest BCUT2D eigenvalue weighted by Gasteiger charge is 2.07. The molecule has 0 radical (unpaired) electrons. The van der Waals surface area contributed by atoms with Crippen molar-refractivity contribution in [3.8, 4) is 0 Å². The Morgan fingerprint density at radius 2 is 1.76 bits per heavy atom. The fourth-order valence-electron chi connectivity index (χ4n) is 2.32. The van der Waals surface area contributed by atoms with Crippen LogP contribution in [0.25, 0.3) is 0 Å². The first-order chi connectivity index (χ1) is 9.79. The van der Waals surface area contributed by atoms with E-state index in [-0.39, 0.29) is 12.4 Å². The van der Waals surface area contributed by atoms with Gasteiger partial charge in [-0.3, -0.25) is 0 Å². The Morgan fingerprint density at radius 3 is 2.52 bits per heavy atom. The van der Waals surface area contributed by atoms with Gasteiger partial charge in [0, 0.05) is 5.10 Å². The van der Waals surface area contributed by atoms with Gasteiger partial charge in [-0.15, -0.1) is 4.68 Å². The van der Waals surface area contributed by atoms with E-state index in [9.17, 15) is 0 Å². The van der Waals surface area contributed by atoms with Gasteiger partial charge in [0.05, 0.1) is 6.54 Å². The molecular weight excluding hydrogens is 282 g/mol. The average Bonchev–Trinajstić information content (AvgIpc) is 2.87. The van der Waals surface area contributed by atoms with E-state index >= 15 is 0 Å². The summed E-state index contributed by atoms with van der Waals surface area (Å²) in [5, 5.41) is 4.41. The van der Waals surface area contributed by atoms with Crippen LogP contribution in [-0.2, 0) is 13.1 Å². The Bertz CT molecular complexity index is 692. The van der Waals surface area contributed by atoms with Crippen molar-refractivity contribution in [2.24, 2.45) is 0 Å². The van der Waals surface area contributed by atoms with Crippen molar-refractivity contribution < 1.29 is 17.0 Å². The molecule has 0 N–H and O–H groups in total. The van der Waals surface area contributed by atoms with Gasteiger partial charge in [0.1, 0.15) is 6.54 Å². The average molecular weight is 300 g/mol. The zero-order chi connectivity index (χ0) is 13.8. The summed E-state index contributed by atoms with van der Waals surface area (Å²) in [7, 11) is 0. The zero-order valence-electron chi connectivity index (χ0n) is 12.0. The van der Waals surface area contributed by atoms with Gasteiger partial charge in [0.15, 0.2) is 0 Å². The molecule has 3 nitrogen and oxygen atoms in total. The van der Waals surface area contributed by atoms with E-state index in [1.165, 1.54) is 16.7 Å².